The summed E-state index contributed by atoms with van der Waals surface area (Å²) in [7, 11) is 0. The van der Waals surface area contributed by atoms with Crippen molar-refractivity contribution in [2.45, 2.75) is 19.4 Å². The number of aliphatic imine (C=N–C) groups is 1. The van der Waals surface area contributed by atoms with Gasteiger partial charge in [0.15, 0.2) is 5.96 Å². The van der Waals surface area contributed by atoms with Crippen LogP contribution < -0.4 is 10.6 Å². The molecule has 0 amide bonds. The highest BCUT2D eigenvalue weighted by Crippen LogP contribution is 1.99. The number of hydrogen-bond donors (Lipinski definition) is 2. The van der Waals surface area contributed by atoms with E-state index in [9.17, 15) is 0 Å². The minimum atomic E-state index is 0.766. The third-order valence-electron chi connectivity index (χ3n) is 2.19. The Morgan fingerprint density at radius 1 is 1.50 bits per heavy atom. The monoisotopic (exact) mass is 193 g/mol. The van der Waals surface area contributed by atoms with Gasteiger partial charge in [-0.05, 0) is 18.9 Å². The van der Waals surface area contributed by atoms with E-state index in [4.69, 9.17) is 4.42 Å². The molecule has 0 spiro atoms. The SMILES string of the molecule is c1cc(CNC2=NCCCCN2)co1. The average Bonchev–Trinajstić information content (AvgIpc) is 2.58. The average molecular weight is 193 g/mol. The molecule has 0 atom stereocenters. The summed E-state index contributed by atoms with van der Waals surface area (Å²) < 4.78 is 4.98. The third-order valence-corrected chi connectivity index (χ3v) is 2.19. The molecular weight excluding hydrogens is 178 g/mol. The van der Waals surface area contributed by atoms with Crippen molar-refractivity contribution >= 4 is 5.96 Å². The normalized spacial score (nSPS) is 16.7. The standard InChI is InChI=1S/C10H15N3O/c1-2-5-12-10(11-4-1)13-7-9-3-6-14-8-9/h3,6,8H,1-2,4-5,7H2,(H2,11,12,13). The lowest BCUT2D eigenvalue weighted by Gasteiger charge is -2.08. The molecule has 0 saturated heterocycles. The number of hydrogen-bond acceptors (Lipinski definition) is 4. The fraction of sp³-hybridized carbons (Fsp3) is 0.500. The van der Waals surface area contributed by atoms with Crippen LogP contribution in [0.2, 0.25) is 0 Å². The first-order valence-electron chi connectivity index (χ1n) is 4.98. The Bertz CT molecular complexity index is 292. The lowest BCUT2D eigenvalue weighted by molar-refractivity contribution is 0.563. The van der Waals surface area contributed by atoms with Gasteiger partial charge in [0, 0.05) is 25.2 Å². The lowest BCUT2D eigenvalue weighted by Crippen LogP contribution is -2.36. The molecule has 0 radical (unpaired) electrons. The first kappa shape index (κ1) is 9.12. The van der Waals surface area contributed by atoms with Gasteiger partial charge in [-0.25, -0.2) is 0 Å². The van der Waals surface area contributed by atoms with Crippen molar-refractivity contribution in [1.82, 2.24) is 10.6 Å². The van der Waals surface area contributed by atoms with Gasteiger partial charge >= 0.3 is 0 Å². The first-order valence-corrected chi connectivity index (χ1v) is 4.98. The summed E-state index contributed by atoms with van der Waals surface area (Å²) in [6.45, 7) is 2.69. The minimum Gasteiger partial charge on any atom is -0.472 e. The highest BCUT2D eigenvalue weighted by Gasteiger charge is 2.02. The fourth-order valence-electron chi connectivity index (χ4n) is 1.39. The van der Waals surface area contributed by atoms with Gasteiger partial charge in [0.1, 0.15) is 0 Å². The molecule has 2 rings (SSSR count). The maximum Gasteiger partial charge on any atom is 0.191 e. The van der Waals surface area contributed by atoms with Crippen LogP contribution in [-0.4, -0.2) is 19.0 Å². The molecule has 1 aromatic heterocycles. The zero-order valence-electron chi connectivity index (χ0n) is 8.12. The molecule has 14 heavy (non-hydrogen) atoms. The summed E-state index contributed by atoms with van der Waals surface area (Å²) in [5.74, 6) is 0.906. The van der Waals surface area contributed by atoms with Gasteiger partial charge < -0.3 is 15.1 Å². The Balaban J connectivity index is 1.82. The maximum absolute atomic E-state index is 4.98. The van der Waals surface area contributed by atoms with Gasteiger partial charge in [0.05, 0.1) is 12.5 Å². The minimum absolute atomic E-state index is 0.766. The van der Waals surface area contributed by atoms with E-state index in [1.165, 1.54) is 12.8 Å². The smallest absolute Gasteiger partial charge is 0.191 e. The Morgan fingerprint density at radius 3 is 3.36 bits per heavy atom. The molecule has 1 aromatic rings. The van der Waals surface area contributed by atoms with Gasteiger partial charge in [-0.2, -0.15) is 0 Å². The van der Waals surface area contributed by atoms with Gasteiger partial charge in [0.25, 0.3) is 0 Å². The van der Waals surface area contributed by atoms with Gasteiger partial charge in [-0.1, -0.05) is 0 Å². The van der Waals surface area contributed by atoms with E-state index in [2.05, 4.69) is 15.6 Å². The summed E-state index contributed by atoms with van der Waals surface area (Å²) >= 11 is 0. The van der Waals surface area contributed by atoms with Crippen molar-refractivity contribution < 1.29 is 4.42 Å². The molecule has 4 heteroatoms. The van der Waals surface area contributed by atoms with Crippen LogP contribution in [0.1, 0.15) is 18.4 Å². The molecule has 76 valence electrons. The molecule has 2 N–H and O–H groups in total. The summed E-state index contributed by atoms with van der Waals surface area (Å²) in [5.41, 5.74) is 1.14. The Kier molecular flexibility index (Phi) is 3.06. The van der Waals surface area contributed by atoms with Crippen molar-refractivity contribution in [3.8, 4) is 0 Å². The van der Waals surface area contributed by atoms with Crippen LogP contribution in [0.25, 0.3) is 0 Å². The molecule has 0 bridgehead atoms. The zero-order chi connectivity index (χ0) is 9.64. The van der Waals surface area contributed by atoms with Crippen LogP contribution in [-0.2, 0) is 6.54 Å². The third kappa shape index (κ3) is 2.52. The lowest BCUT2D eigenvalue weighted by atomic mass is 10.3. The molecule has 0 aliphatic carbocycles. The Labute approximate surface area is 83.4 Å². The molecule has 0 fully saturated rings. The van der Waals surface area contributed by atoms with Crippen LogP contribution in [0.4, 0.5) is 0 Å². The first-order chi connectivity index (χ1) is 6.95. The molecule has 2 heterocycles. The van der Waals surface area contributed by atoms with Crippen LogP contribution in [0, 0.1) is 0 Å². The van der Waals surface area contributed by atoms with Crippen molar-refractivity contribution in [2.24, 2.45) is 4.99 Å². The van der Waals surface area contributed by atoms with E-state index in [-0.39, 0.29) is 0 Å². The van der Waals surface area contributed by atoms with Gasteiger partial charge in [-0.15, -0.1) is 0 Å². The van der Waals surface area contributed by atoms with Gasteiger partial charge in [0.2, 0.25) is 0 Å². The molecule has 0 saturated carbocycles. The van der Waals surface area contributed by atoms with Crippen LogP contribution in [0.5, 0.6) is 0 Å². The molecule has 0 aromatic carbocycles. The Hall–Kier alpha value is -1.45. The maximum atomic E-state index is 4.98. The molecular formula is C10H15N3O. The second-order valence-corrected chi connectivity index (χ2v) is 3.35. The number of nitrogens with one attached hydrogen (secondary N) is 2. The van der Waals surface area contributed by atoms with Crippen molar-refractivity contribution in [3.05, 3.63) is 24.2 Å². The van der Waals surface area contributed by atoms with Crippen molar-refractivity contribution in [1.29, 1.82) is 0 Å². The largest absolute Gasteiger partial charge is 0.472 e. The summed E-state index contributed by atoms with van der Waals surface area (Å²) in [4.78, 5) is 4.39. The summed E-state index contributed by atoms with van der Waals surface area (Å²) in [6.07, 6.45) is 5.79. The summed E-state index contributed by atoms with van der Waals surface area (Å²) in [6, 6.07) is 1.95. The Morgan fingerprint density at radius 2 is 2.50 bits per heavy atom. The number of furan rings is 1. The van der Waals surface area contributed by atoms with Crippen LogP contribution in [0.3, 0.4) is 0 Å². The number of nitrogens with zero attached hydrogens (tertiary/aromatic N) is 1. The summed E-state index contributed by atoms with van der Waals surface area (Å²) in [5, 5.41) is 6.50. The van der Waals surface area contributed by atoms with E-state index >= 15 is 0 Å². The van der Waals surface area contributed by atoms with Crippen molar-refractivity contribution in [2.75, 3.05) is 13.1 Å². The number of rotatable bonds is 2. The second kappa shape index (κ2) is 4.69. The number of guanidine groups is 1. The van der Waals surface area contributed by atoms with E-state index < -0.39 is 0 Å². The quantitative estimate of drug-likeness (QED) is 0.739. The predicted octanol–water partition coefficient (Wildman–Crippen LogP) is 1.11. The fourth-order valence-corrected chi connectivity index (χ4v) is 1.39. The highest BCUT2D eigenvalue weighted by molar-refractivity contribution is 5.79. The van der Waals surface area contributed by atoms with E-state index in [1.54, 1.807) is 12.5 Å². The van der Waals surface area contributed by atoms with E-state index in [0.29, 0.717) is 0 Å². The second-order valence-electron chi connectivity index (χ2n) is 3.35. The zero-order valence-corrected chi connectivity index (χ0v) is 8.12. The van der Waals surface area contributed by atoms with Crippen LogP contribution in [0.15, 0.2) is 28.0 Å². The van der Waals surface area contributed by atoms with Gasteiger partial charge in [-0.3, -0.25) is 4.99 Å². The molecule has 1 aliphatic heterocycles. The van der Waals surface area contributed by atoms with E-state index in [1.807, 2.05) is 6.07 Å². The van der Waals surface area contributed by atoms with Crippen LogP contribution >= 0.6 is 0 Å². The van der Waals surface area contributed by atoms with Crippen molar-refractivity contribution in [3.63, 3.8) is 0 Å². The predicted molar refractivity (Wildman–Crippen MR) is 55.1 cm³/mol. The van der Waals surface area contributed by atoms with E-state index in [0.717, 1.165) is 31.2 Å². The topological polar surface area (TPSA) is 49.6 Å². The molecule has 1 aliphatic rings. The molecule has 4 nitrogen and oxygen atoms in total. The highest BCUT2D eigenvalue weighted by atomic mass is 16.3. The molecule has 0 unspecified atom stereocenters.